The van der Waals surface area contributed by atoms with Gasteiger partial charge in [0.1, 0.15) is 0 Å². The molecule has 1 atom stereocenters. The minimum Gasteiger partial charge on any atom is -0.298 e. The van der Waals surface area contributed by atoms with Crippen LogP contribution in [0, 0.1) is 16.7 Å². The topological polar surface area (TPSA) is 3.24 Å². The molecule has 100 valence electrons. The van der Waals surface area contributed by atoms with Crippen molar-refractivity contribution in [3.05, 3.63) is 0 Å². The maximum Gasteiger partial charge on any atom is 0.0125 e. The molecule has 0 amide bonds. The summed E-state index contributed by atoms with van der Waals surface area (Å²) in [5.74, 6) is 1.03. The maximum absolute atomic E-state index is 2.67. The van der Waals surface area contributed by atoms with E-state index in [4.69, 9.17) is 0 Å². The van der Waals surface area contributed by atoms with Crippen molar-refractivity contribution >= 4 is 0 Å². The quantitative estimate of drug-likeness (QED) is 0.656. The molecule has 0 N–H and O–H groups in total. The van der Waals surface area contributed by atoms with Crippen molar-refractivity contribution in [2.24, 2.45) is 16.7 Å². The average molecular weight is 237 g/mol. The summed E-state index contributed by atoms with van der Waals surface area (Å²) in [5, 5.41) is 0. The van der Waals surface area contributed by atoms with Crippen LogP contribution in [-0.4, -0.2) is 23.5 Å². The Labute approximate surface area is 108 Å². The van der Waals surface area contributed by atoms with Gasteiger partial charge < -0.3 is 0 Å². The van der Waals surface area contributed by atoms with E-state index in [1.165, 1.54) is 38.8 Å². The van der Waals surface area contributed by atoms with E-state index in [9.17, 15) is 0 Å². The number of hydrogen-bond acceptors (Lipinski definition) is 1. The van der Waals surface area contributed by atoms with Crippen LogP contribution in [0.1, 0.15) is 67.2 Å². The first kappa shape index (κ1) is 13.4. The largest absolute Gasteiger partial charge is 0.298 e. The molecule has 2 fully saturated rings. The molecule has 1 nitrogen and oxygen atoms in total. The Morgan fingerprint density at radius 3 is 1.94 bits per heavy atom. The number of piperidine rings is 1. The Bertz CT molecular complexity index is 271. The van der Waals surface area contributed by atoms with E-state index >= 15 is 0 Å². The van der Waals surface area contributed by atoms with Gasteiger partial charge in [0, 0.05) is 5.54 Å². The molecule has 1 unspecified atom stereocenters. The van der Waals surface area contributed by atoms with Gasteiger partial charge in [-0.05, 0) is 76.3 Å². The second kappa shape index (κ2) is 3.98. The summed E-state index contributed by atoms with van der Waals surface area (Å²) < 4.78 is 0. The summed E-state index contributed by atoms with van der Waals surface area (Å²) in [7, 11) is 0. The molecule has 0 radical (unpaired) electrons. The fourth-order valence-corrected chi connectivity index (χ4v) is 3.69. The lowest BCUT2D eigenvalue weighted by Crippen LogP contribution is -2.46. The number of hydrogen-bond donors (Lipinski definition) is 0. The van der Waals surface area contributed by atoms with Crippen LogP contribution in [0.4, 0.5) is 0 Å². The first-order chi connectivity index (χ1) is 7.62. The fraction of sp³-hybridized carbons (Fsp3) is 1.00. The summed E-state index contributed by atoms with van der Waals surface area (Å²) in [6, 6.07) is 0. The van der Waals surface area contributed by atoms with Crippen LogP contribution in [-0.2, 0) is 0 Å². The van der Waals surface area contributed by atoms with E-state index in [0.29, 0.717) is 11.0 Å². The summed E-state index contributed by atoms with van der Waals surface area (Å²) in [6.45, 7) is 16.9. The van der Waals surface area contributed by atoms with Crippen LogP contribution >= 0.6 is 0 Å². The second-order valence-electron chi connectivity index (χ2n) is 8.69. The van der Waals surface area contributed by atoms with Gasteiger partial charge in [-0.15, -0.1) is 0 Å². The number of rotatable bonds is 1. The van der Waals surface area contributed by atoms with E-state index in [1.807, 2.05) is 0 Å². The lowest BCUT2D eigenvalue weighted by atomic mass is 9.82. The predicted octanol–water partition coefficient (Wildman–Crippen LogP) is 4.32. The zero-order valence-electron chi connectivity index (χ0n) is 12.8. The summed E-state index contributed by atoms with van der Waals surface area (Å²) in [5.41, 5.74) is 1.65. The van der Waals surface area contributed by atoms with Crippen molar-refractivity contribution in [3.63, 3.8) is 0 Å². The van der Waals surface area contributed by atoms with Crippen LogP contribution in [0.3, 0.4) is 0 Å². The van der Waals surface area contributed by atoms with Gasteiger partial charge in [0.05, 0.1) is 0 Å². The molecule has 1 aliphatic carbocycles. The van der Waals surface area contributed by atoms with Crippen molar-refractivity contribution < 1.29 is 0 Å². The second-order valence-corrected chi connectivity index (χ2v) is 8.69. The van der Waals surface area contributed by atoms with Gasteiger partial charge in [-0.25, -0.2) is 0 Å². The molecule has 0 aromatic heterocycles. The smallest absolute Gasteiger partial charge is 0.0125 e. The summed E-state index contributed by atoms with van der Waals surface area (Å²) in [6.07, 6.45) is 5.85. The van der Waals surface area contributed by atoms with E-state index in [1.54, 1.807) is 0 Å². The molecule has 0 aromatic rings. The lowest BCUT2D eigenvalue weighted by Gasteiger charge is -2.41. The van der Waals surface area contributed by atoms with E-state index in [0.717, 1.165) is 11.3 Å². The SMILES string of the molecule is CC(C)(C)CC1CC12CCN(C(C)(C)C)CC2. The van der Waals surface area contributed by atoms with E-state index in [-0.39, 0.29) is 0 Å². The van der Waals surface area contributed by atoms with Gasteiger partial charge in [-0.1, -0.05) is 20.8 Å². The lowest BCUT2D eigenvalue weighted by molar-refractivity contribution is 0.0732. The van der Waals surface area contributed by atoms with Crippen LogP contribution in [0.5, 0.6) is 0 Å². The minimum atomic E-state index is 0.371. The third kappa shape index (κ3) is 3.05. The number of likely N-dealkylation sites (tertiary alicyclic amines) is 1. The molecule has 0 bridgehead atoms. The zero-order chi connectivity index (χ0) is 12.9. The molecule has 1 spiro atoms. The van der Waals surface area contributed by atoms with Gasteiger partial charge in [0.25, 0.3) is 0 Å². The van der Waals surface area contributed by atoms with Crippen molar-refractivity contribution in [1.82, 2.24) is 4.90 Å². The van der Waals surface area contributed by atoms with Crippen LogP contribution in [0.25, 0.3) is 0 Å². The van der Waals surface area contributed by atoms with Crippen molar-refractivity contribution in [3.8, 4) is 0 Å². The zero-order valence-corrected chi connectivity index (χ0v) is 12.8. The van der Waals surface area contributed by atoms with Crippen molar-refractivity contribution in [1.29, 1.82) is 0 Å². The molecule has 0 aromatic carbocycles. The van der Waals surface area contributed by atoms with Gasteiger partial charge in [-0.3, -0.25) is 4.90 Å². The van der Waals surface area contributed by atoms with E-state index < -0.39 is 0 Å². The van der Waals surface area contributed by atoms with Gasteiger partial charge in [-0.2, -0.15) is 0 Å². The molecule has 2 aliphatic rings. The Morgan fingerprint density at radius 2 is 1.53 bits per heavy atom. The summed E-state index contributed by atoms with van der Waals surface area (Å²) in [4.78, 5) is 2.67. The molecule has 1 heteroatoms. The van der Waals surface area contributed by atoms with Crippen molar-refractivity contribution in [2.45, 2.75) is 72.8 Å². The monoisotopic (exact) mass is 237 g/mol. The molecule has 1 saturated carbocycles. The highest BCUT2D eigenvalue weighted by molar-refractivity contribution is 5.06. The van der Waals surface area contributed by atoms with Gasteiger partial charge in [0.2, 0.25) is 0 Å². The molecular formula is C16H31N. The van der Waals surface area contributed by atoms with Crippen LogP contribution in [0.2, 0.25) is 0 Å². The fourth-order valence-electron chi connectivity index (χ4n) is 3.69. The Morgan fingerprint density at radius 1 is 1.00 bits per heavy atom. The highest BCUT2D eigenvalue weighted by Gasteiger charge is 2.55. The third-order valence-corrected chi connectivity index (χ3v) is 4.93. The first-order valence-electron chi connectivity index (χ1n) is 7.38. The van der Waals surface area contributed by atoms with Crippen LogP contribution in [0.15, 0.2) is 0 Å². The average Bonchev–Trinajstić information content (AvgIpc) is 2.74. The number of nitrogens with zero attached hydrogens (tertiary/aromatic N) is 1. The van der Waals surface area contributed by atoms with Gasteiger partial charge >= 0.3 is 0 Å². The molecule has 2 rings (SSSR count). The molecule has 1 aliphatic heterocycles. The highest BCUT2D eigenvalue weighted by Crippen LogP contribution is 2.63. The normalized spacial score (nSPS) is 29.6. The maximum atomic E-state index is 2.67. The Kier molecular flexibility index (Phi) is 3.14. The molecule has 17 heavy (non-hydrogen) atoms. The van der Waals surface area contributed by atoms with Crippen LogP contribution < -0.4 is 0 Å². The van der Waals surface area contributed by atoms with Crippen molar-refractivity contribution in [2.75, 3.05) is 13.1 Å². The first-order valence-corrected chi connectivity index (χ1v) is 7.38. The predicted molar refractivity (Wildman–Crippen MR) is 75.2 cm³/mol. The Hall–Kier alpha value is -0.0400. The third-order valence-electron chi connectivity index (χ3n) is 4.93. The summed E-state index contributed by atoms with van der Waals surface area (Å²) >= 11 is 0. The standard InChI is InChI=1S/C16H31N/c1-14(2,3)11-13-12-16(13)7-9-17(10-8-16)15(4,5)6/h13H,7-12H2,1-6H3. The highest BCUT2D eigenvalue weighted by atomic mass is 15.2. The minimum absolute atomic E-state index is 0.371. The van der Waals surface area contributed by atoms with Gasteiger partial charge in [0.15, 0.2) is 0 Å². The molecular weight excluding hydrogens is 206 g/mol. The molecule has 1 saturated heterocycles. The Balaban J connectivity index is 1.85. The van der Waals surface area contributed by atoms with E-state index in [2.05, 4.69) is 46.4 Å². The molecule has 1 heterocycles.